The molecule has 8 heavy (non-hydrogen) atoms. The van der Waals surface area contributed by atoms with Crippen LogP contribution in [0.4, 0.5) is 0 Å². The van der Waals surface area contributed by atoms with Crippen LogP contribution in [0.25, 0.3) is 0 Å². The molecule has 0 bridgehead atoms. The number of nitrogens with zero attached hydrogens (tertiary/aromatic N) is 1. The molecule has 0 rings (SSSR count). The summed E-state index contributed by atoms with van der Waals surface area (Å²) in [5, 5.41) is 24.7. The quantitative estimate of drug-likeness (QED) is 0.485. The van der Waals surface area contributed by atoms with Gasteiger partial charge >= 0.3 is 7.12 Å². The van der Waals surface area contributed by atoms with Gasteiger partial charge in [-0.05, 0) is 0 Å². The van der Waals surface area contributed by atoms with Crippen molar-refractivity contribution in [2.75, 3.05) is 0 Å². The Morgan fingerprint density at radius 1 is 1.75 bits per heavy atom. The van der Waals surface area contributed by atoms with Crippen molar-refractivity contribution in [1.82, 2.24) is 0 Å². The van der Waals surface area contributed by atoms with Crippen LogP contribution in [0.5, 0.6) is 0 Å². The van der Waals surface area contributed by atoms with Crippen molar-refractivity contribution in [3.63, 3.8) is 0 Å². The van der Waals surface area contributed by atoms with Gasteiger partial charge in [-0.2, -0.15) is 5.26 Å². The maximum absolute atomic E-state index is 8.36. The molecule has 0 spiro atoms. The summed E-state index contributed by atoms with van der Waals surface area (Å²) in [6.45, 7) is 1.61. The monoisotopic (exact) mass is 113 g/mol. The van der Waals surface area contributed by atoms with Gasteiger partial charge in [0, 0.05) is 12.2 Å². The fourth-order valence-electron chi connectivity index (χ4n) is 0.249. The Hall–Kier alpha value is -0.525. The van der Waals surface area contributed by atoms with Crippen LogP contribution >= 0.6 is 0 Å². The number of hydrogen-bond acceptors (Lipinski definition) is 3. The molecule has 0 saturated heterocycles. The maximum atomic E-state index is 8.36. The van der Waals surface area contributed by atoms with Crippen LogP contribution in [0.3, 0.4) is 0 Å². The molecule has 0 aliphatic rings. The summed E-state index contributed by atoms with van der Waals surface area (Å²) in [6, 6.07) is 1.83. The second-order valence-electron chi connectivity index (χ2n) is 1.75. The lowest BCUT2D eigenvalue weighted by Crippen LogP contribution is -2.16. The van der Waals surface area contributed by atoms with Gasteiger partial charge in [0.05, 0.1) is 6.07 Å². The summed E-state index contributed by atoms with van der Waals surface area (Å²) >= 11 is 0. The van der Waals surface area contributed by atoms with Gasteiger partial charge in [0.2, 0.25) is 0 Å². The molecule has 0 fully saturated rings. The van der Waals surface area contributed by atoms with Gasteiger partial charge in [0.15, 0.2) is 0 Å². The highest BCUT2D eigenvalue weighted by Crippen LogP contribution is 2.07. The third-order valence-corrected chi connectivity index (χ3v) is 0.922. The highest BCUT2D eigenvalue weighted by molar-refractivity contribution is 6.43. The molecule has 0 amide bonds. The van der Waals surface area contributed by atoms with Crippen LogP contribution in [0, 0.1) is 11.3 Å². The van der Waals surface area contributed by atoms with Crippen LogP contribution in [0.15, 0.2) is 0 Å². The molecule has 0 unspecified atom stereocenters. The van der Waals surface area contributed by atoms with Gasteiger partial charge in [-0.3, -0.25) is 0 Å². The Bertz CT molecular complexity index is 98.7. The molecule has 2 N–H and O–H groups in total. The minimum Gasteiger partial charge on any atom is -0.427 e. The van der Waals surface area contributed by atoms with E-state index in [1.807, 2.05) is 6.07 Å². The van der Waals surface area contributed by atoms with Crippen LogP contribution in [-0.2, 0) is 0 Å². The van der Waals surface area contributed by atoms with E-state index in [2.05, 4.69) is 0 Å². The Morgan fingerprint density at radius 2 is 2.25 bits per heavy atom. The molecule has 0 aliphatic carbocycles. The lowest BCUT2D eigenvalue weighted by molar-refractivity contribution is 0.389. The summed E-state index contributed by atoms with van der Waals surface area (Å²) in [6.07, 6.45) is 0.192. The number of hydrogen-bond donors (Lipinski definition) is 2. The predicted molar refractivity (Wildman–Crippen MR) is 29.8 cm³/mol. The Morgan fingerprint density at radius 3 is 2.38 bits per heavy atom. The van der Waals surface area contributed by atoms with Crippen molar-refractivity contribution in [2.45, 2.75) is 19.2 Å². The molecule has 0 radical (unpaired) electrons. The first kappa shape index (κ1) is 7.47. The third kappa shape index (κ3) is 2.62. The van der Waals surface area contributed by atoms with E-state index in [1.54, 1.807) is 6.92 Å². The Kier molecular flexibility index (Phi) is 3.25. The van der Waals surface area contributed by atoms with E-state index in [0.717, 1.165) is 0 Å². The molecule has 3 nitrogen and oxygen atoms in total. The molecule has 0 aromatic heterocycles. The molecular weight excluding hydrogens is 105 g/mol. The van der Waals surface area contributed by atoms with Crippen LogP contribution < -0.4 is 0 Å². The Balaban J connectivity index is 3.35. The van der Waals surface area contributed by atoms with E-state index in [1.165, 1.54) is 0 Å². The minimum atomic E-state index is -1.35. The molecule has 0 saturated carbocycles. The molecule has 1 atom stereocenters. The third-order valence-electron chi connectivity index (χ3n) is 0.922. The van der Waals surface area contributed by atoms with Gasteiger partial charge < -0.3 is 10.0 Å². The molecule has 0 aromatic rings. The van der Waals surface area contributed by atoms with Crippen molar-refractivity contribution >= 4 is 7.12 Å². The summed E-state index contributed by atoms with van der Waals surface area (Å²) < 4.78 is 0. The zero-order valence-electron chi connectivity index (χ0n) is 4.70. The fourth-order valence-corrected chi connectivity index (χ4v) is 0.249. The first-order chi connectivity index (χ1) is 3.68. The summed E-state index contributed by atoms with van der Waals surface area (Å²) in [4.78, 5) is 0. The smallest absolute Gasteiger partial charge is 0.427 e. The van der Waals surface area contributed by atoms with Crippen LogP contribution in [0.2, 0.25) is 5.82 Å². The first-order valence-electron chi connectivity index (χ1n) is 2.41. The lowest BCUT2D eigenvalue weighted by atomic mass is 9.73. The molecule has 44 valence electrons. The first-order valence-corrected chi connectivity index (χ1v) is 2.41. The average Bonchev–Trinajstić information content (AvgIpc) is 1.67. The summed E-state index contributed by atoms with van der Waals surface area (Å²) in [5.74, 6) is -0.333. The fraction of sp³-hybridized carbons (Fsp3) is 0.750. The van der Waals surface area contributed by atoms with Crippen molar-refractivity contribution in [3.8, 4) is 6.07 Å². The van der Waals surface area contributed by atoms with Gasteiger partial charge in [-0.15, -0.1) is 0 Å². The van der Waals surface area contributed by atoms with E-state index in [-0.39, 0.29) is 12.2 Å². The van der Waals surface area contributed by atoms with Gasteiger partial charge in [0.25, 0.3) is 0 Å². The number of nitriles is 1. The van der Waals surface area contributed by atoms with Crippen molar-refractivity contribution in [2.24, 2.45) is 0 Å². The molecule has 4 heteroatoms. The second-order valence-corrected chi connectivity index (χ2v) is 1.75. The highest BCUT2D eigenvalue weighted by atomic mass is 16.4. The zero-order valence-corrected chi connectivity index (χ0v) is 4.70. The van der Waals surface area contributed by atoms with Crippen LogP contribution in [0.1, 0.15) is 13.3 Å². The number of rotatable bonds is 2. The van der Waals surface area contributed by atoms with E-state index in [0.29, 0.717) is 0 Å². The lowest BCUT2D eigenvalue weighted by Gasteiger charge is -2.01. The van der Waals surface area contributed by atoms with E-state index in [4.69, 9.17) is 15.3 Å². The molecular formula is C4H8BNO2. The average molecular weight is 113 g/mol. The summed E-state index contributed by atoms with van der Waals surface area (Å²) in [5.41, 5.74) is 0. The maximum Gasteiger partial charge on any atom is 0.455 e. The predicted octanol–water partition coefficient (Wildman–Crippen LogP) is -0.237. The normalized spacial score (nSPS) is 12.2. The standard InChI is InChI=1S/C4H8BNO2/c1-4(2-3-6)5(7)8/h4,7-8H,2H2,1H3/t4-/m0/s1. The minimum absolute atomic E-state index is 0.192. The van der Waals surface area contributed by atoms with E-state index in [9.17, 15) is 0 Å². The summed E-state index contributed by atoms with van der Waals surface area (Å²) in [7, 11) is -1.35. The van der Waals surface area contributed by atoms with Crippen molar-refractivity contribution in [1.29, 1.82) is 5.26 Å². The van der Waals surface area contributed by atoms with E-state index < -0.39 is 7.12 Å². The van der Waals surface area contributed by atoms with Crippen LogP contribution in [-0.4, -0.2) is 17.2 Å². The van der Waals surface area contributed by atoms with Crippen molar-refractivity contribution < 1.29 is 10.0 Å². The molecule has 0 aliphatic heterocycles. The SMILES string of the molecule is C[C@@H](CC#N)B(O)O. The van der Waals surface area contributed by atoms with Gasteiger partial charge in [-0.1, -0.05) is 6.92 Å². The largest absolute Gasteiger partial charge is 0.455 e. The van der Waals surface area contributed by atoms with Crippen molar-refractivity contribution in [3.05, 3.63) is 0 Å². The zero-order chi connectivity index (χ0) is 6.57. The topological polar surface area (TPSA) is 64.2 Å². The Labute approximate surface area is 48.7 Å². The second kappa shape index (κ2) is 3.47. The molecule has 0 heterocycles. The highest BCUT2D eigenvalue weighted by Gasteiger charge is 2.16. The van der Waals surface area contributed by atoms with Gasteiger partial charge in [-0.25, -0.2) is 0 Å². The molecule has 0 aromatic carbocycles. The van der Waals surface area contributed by atoms with E-state index >= 15 is 0 Å². The van der Waals surface area contributed by atoms with Gasteiger partial charge in [0.1, 0.15) is 0 Å².